The zero-order chi connectivity index (χ0) is 40.0. The summed E-state index contributed by atoms with van der Waals surface area (Å²) < 4.78 is 33.7. The van der Waals surface area contributed by atoms with Crippen LogP contribution in [0, 0.1) is 0 Å². The van der Waals surface area contributed by atoms with Crippen LogP contribution in [-0.4, -0.2) is 89.9 Å². The van der Waals surface area contributed by atoms with Crippen molar-refractivity contribution >= 4 is 44.8 Å². The number of carbonyl (C=O) groups excluding carboxylic acids is 2. The van der Waals surface area contributed by atoms with Crippen LogP contribution < -0.4 is 78.7 Å². The number of nitrogens with one attached hydrogen (secondary N) is 2. The van der Waals surface area contributed by atoms with Gasteiger partial charge in [0.1, 0.15) is 33.9 Å². The molecule has 0 fully saturated rings. The van der Waals surface area contributed by atoms with Crippen LogP contribution >= 0.6 is 0 Å². The predicted octanol–water partition coefficient (Wildman–Crippen LogP) is -8.47. The topological polar surface area (TPSA) is 335 Å². The first kappa shape index (κ1) is 53.2. The second-order valence-corrected chi connectivity index (χ2v) is 11.6. The fourth-order valence-electron chi connectivity index (χ4n) is 6.05. The van der Waals surface area contributed by atoms with Gasteiger partial charge in [0.05, 0.1) is 62.9 Å². The smallest absolute Gasteiger partial charge is 1.00 e. The number of benzene rings is 2. The molecule has 62 heavy (non-hydrogen) atoms. The summed E-state index contributed by atoms with van der Waals surface area (Å²) >= 11 is 0. The monoisotopic (exact) mass is 966 g/mol. The number of phenols is 2. The first-order valence-corrected chi connectivity index (χ1v) is 15.9. The Morgan fingerprint density at radius 1 is 0.613 bits per heavy atom. The summed E-state index contributed by atoms with van der Waals surface area (Å²) in [5, 5.41) is 22.1. The summed E-state index contributed by atoms with van der Waals surface area (Å²) in [5.41, 5.74) is -2.49. The molecule has 2 aromatic carbocycles. The van der Waals surface area contributed by atoms with Crippen LogP contribution in [0.15, 0.2) is 89.6 Å². The van der Waals surface area contributed by atoms with E-state index in [1.807, 2.05) is 0 Å². The quantitative estimate of drug-likeness (QED) is 0.103. The van der Waals surface area contributed by atoms with E-state index >= 15 is 0 Å². The van der Waals surface area contributed by atoms with Gasteiger partial charge in [-0.25, -0.2) is 19.6 Å². The van der Waals surface area contributed by atoms with Crippen LogP contribution in [0.1, 0.15) is 31.8 Å². The molecule has 8 aromatic rings. The van der Waals surface area contributed by atoms with Crippen molar-refractivity contribution < 1.29 is 113 Å². The minimum atomic E-state index is -0.747. The molecule has 0 amide bonds. The number of phenolic OH excluding ortho intramolecular Hbond substituents is 2. The Balaban J connectivity index is 0.000000565. The van der Waals surface area contributed by atoms with Gasteiger partial charge in [-0.3, -0.25) is 37.9 Å². The second-order valence-electron chi connectivity index (χ2n) is 11.6. The number of aromatic hydroxyl groups is 2. The molecule has 8 rings (SSSR count). The van der Waals surface area contributed by atoms with Crippen LogP contribution in [0.5, 0.6) is 34.5 Å². The molecule has 6 aromatic heterocycles. The Morgan fingerprint density at radius 3 is 1.27 bits per heavy atom. The molecule has 0 aliphatic carbocycles. The summed E-state index contributed by atoms with van der Waals surface area (Å²) in [4.78, 5) is 85.2. The fraction of sp³-hybridized carbons (Fsp3) is 0.111. The molecule has 0 saturated carbocycles. The van der Waals surface area contributed by atoms with Gasteiger partial charge in [-0.15, -0.1) is 0 Å². The minimum Gasteiger partial charge on any atom is -1.00 e. The van der Waals surface area contributed by atoms with E-state index in [0.29, 0.717) is 10.8 Å². The van der Waals surface area contributed by atoms with Gasteiger partial charge in [0.15, 0.2) is 22.7 Å². The van der Waals surface area contributed by atoms with E-state index in [1.54, 1.807) is 12.1 Å². The van der Waals surface area contributed by atoms with Gasteiger partial charge in [-0.1, -0.05) is 0 Å². The third kappa shape index (κ3) is 8.94. The maximum atomic E-state index is 13.1. The summed E-state index contributed by atoms with van der Waals surface area (Å²) in [7, 11) is 5.34. The molecule has 0 aliphatic rings. The van der Waals surface area contributed by atoms with Crippen molar-refractivity contribution in [2.24, 2.45) is 0 Å². The molecule has 0 radical (unpaired) electrons. The van der Waals surface area contributed by atoms with Crippen molar-refractivity contribution in [3.8, 4) is 34.5 Å². The number of carbonyl (C=O) groups is 2. The van der Waals surface area contributed by atoms with Crippen molar-refractivity contribution in [2.75, 3.05) is 28.4 Å². The van der Waals surface area contributed by atoms with Gasteiger partial charge in [0.25, 0.3) is 11.1 Å². The van der Waals surface area contributed by atoms with E-state index < -0.39 is 45.6 Å². The number of nitrogens with zero attached hydrogens (tertiary/aromatic N) is 4. The van der Waals surface area contributed by atoms with Gasteiger partial charge in [-0.2, -0.15) is 0 Å². The molecule has 0 saturated heterocycles. The number of ketones is 2. The molecule has 26 heteroatoms. The minimum absolute atomic E-state index is 0. The van der Waals surface area contributed by atoms with Gasteiger partial charge in [0.2, 0.25) is 23.1 Å². The number of halogens is 3. The zero-order valence-corrected chi connectivity index (χ0v) is 35.1. The predicted molar refractivity (Wildman–Crippen MR) is 200 cm³/mol. The number of methoxy groups -OCH3 is 4. The summed E-state index contributed by atoms with van der Waals surface area (Å²) in [5.74, 6) is -2.16. The van der Waals surface area contributed by atoms with Gasteiger partial charge < -0.3 is 86.2 Å². The average Bonchev–Trinajstić information content (AvgIpc) is 3.87. The number of rotatable bonds is 8. The normalized spacial score (nSPS) is 10.0. The van der Waals surface area contributed by atoms with Gasteiger partial charge >= 0.3 is 28.2 Å². The number of aromatic nitrogens is 6. The van der Waals surface area contributed by atoms with Crippen molar-refractivity contribution in [2.45, 2.75) is 0 Å². The standard InChI is InChI=1S/2C18H13N3O7.3ClH.Co.2H2O/c2*1-26-15-9-3-4-28-16(9)17(27-2)14(24)12(15)13(23)8-6-19-10-5-11(22)20-18(25)21(10)7-8;;;;;;/h2*3-7,24H,1-2H3,(H,20,22,25);3*1H;;2*1H2/q;;;;;+3;;/p-3. The maximum Gasteiger partial charge on any atom is 3.00 e. The molecule has 0 bridgehead atoms. The number of fused-ring (bicyclic) bond motifs is 4. The van der Waals surface area contributed by atoms with E-state index in [0.717, 1.165) is 20.9 Å². The number of hydrogen-bond acceptors (Lipinski definition) is 16. The van der Waals surface area contributed by atoms with Crippen LogP contribution in [0.4, 0.5) is 0 Å². The SMILES string of the molecule is COc1c(C(=O)c2cnc3cc(=O)[nH]c(=O)n3c2)c(O)c(OC)c2occc12.COc1c(C(=O)c2cnc3cc(=O)[nH]c(=O)n3c2)c(O)c(OC)c2occc12.O.O.[Cl-].[Cl-].[Cl-].[Co+3]. The molecule has 22 nitrogen and oxygen atoms in total. The van der Waals surface area contributed by atoms with E-state index in [1.165, 1.54) is 65.8 Å². The molecular weight excluding hydrogens is 938 g/mol. The third-order valence-electron chi connectivity index (χ3n) is 8.51. The Kier molecular flexibility index (Phi) is 18.1. The van der Waals surface area contributed by atoms with E-state index in [-0.39, 0.29) is 133 Å². The summed E-state index contributed by atoms with van der Waals surface area (Å²) in [6.45, 7) is 0. The van der Waals surface area contributed by atoms with Crippen molar-refractivity contribution in [3.63, 3.8) is 0 Å². The van der Waals surface area contributed by atoms with Crippen molar-refractivity contribution in [1.82, 2.24) is 28.7 Å². The van der Waals surface area contributed by atoms with Crippen LogP contribution in [0.2, 0.25) is 0 Å². The number of H-pyrrole nitrogens is 2. The Bertz CT molecular complexity index is 2970. The van der Waals surface area contributed by atoms with Gasteiger partial charge in [0, 0.05) is 36.9 Å². The second kappa shape index (κ2) is 21.1. The molecule has 0 unspecified atom stereocenters. The molecule has 6 heterocycles. The van der Waals surface area contributed by atoms with E-state index in [2.05, 4.69) is 19.9 Å². The Hall–Kier alpha value is -6.86. The average molecular weight is 968 g/mol. The maximum absolute atomic E-state index is 13.1. The van der Waals surface area contributed by atoms with Crippen LogP contribution in [-0.2, 0) is 16.8 Å². The molecule has 330 valence electrons. The Morgan fingerprint density at radius 2 is 0.952 bits per heavy atom. The molecule has 8 N–H and O–H groups in total. The van der Waals surface area contributed by atoms with E-state index in [9.17, 15) is 39.0 Å². The number of ether oxygens (including phenoxy) is 4. The molecule has 0 atom stereocenters. The molecule has 0 spiro atoms. The van der Waals surface area contributed by atoms with Gasteiger partial charge in [-0.05, 0) is 12.1 Å². The number of furan rings is 2. The van der Waals surface area contributed by atoms with Crippen LogP contribution in [0.25, 0.3) is 33.2 Å². The number of hydrogen-bond donors (Lipinski definition) is 4. The number of aromatic amines is 2. The largest absolute Gasteiger partial charge is 3.00 e. The van der Waals surface area contributed by atoms with Crippen molar-refractivity contribution in [1.29, 1.82) is 0 Å². The fourth-order valence-corrected chi connectivity index (χ4v) is 6.05. The van der Waals surface area contributed by atoms with E-state index in [4.69, 9.17) is 27.8 Å². The molecular formula is C36H30Cl3CoN6O16. The Labute approximate surface area is 373 Å². The first-order valence-electron chi connectivity index (χ1n) is 15.9. The summed E-state index contributed by atoms with van der Waals surface area (Å²) in [6, 6.07) is 5.38. The summed E-state index contributed by atoms with van der Waals surface area (Å²) in [6.07, 6.45) is 7.57. The zero-order valence-electron chi connectivity index (χ0n) is 31.8. The van der Waals surface area contributed by atoms with Crippen molar-refractivity contribution in [3.05, 3.63) is 126 Å². The molecule has 0 aliphatic heterocycles. The first-order chi connectivity index (χ1) is 26.9. The third-order valence-corrected chi connectivity index (χ3v) is 8.51. The van der Waals surface area contributed by atoms with Crippen LogP contribution in [0.3, 0.4) is 0 Å².